The number of anilines is 1. The van der Waals surface area contributed by atoms with E-state index in [1.165, 1.54) is 0 Å². The Bertz CT molecular complexity index is 629. The van der Waals surface area contributed by atoms with E-state index >= 15 is 0 Å². The number of hydrogen-bond acceptors (Lipinski definition) is 5. The highest BCUT2D eigenvalue weighted by Crippen LogP contribution is 2.40. The first kappa shape index (κ1) is 12.7. The van der Waals surface area contributed by atoms with Gasteiger partial charge >= 0.3 is 6.18 Å². The third-order valence-electron chi connectivity index (χ3n) is 3.29. The largest absolute Gasteiger partial charge is 0.417 e. The minimum absolute atomic E-state index is 0.125. The molecule has 3 heterocycles. The molecule has 0 unspecified atom stereocenters. The van der Waals surface area contributed by atoms with Crippen molar-refractivity contribution in [2.45, 2.75) is 16.4 Å². The minimum Gasteiger partial charge on any atom is -0.336 e. The van der Waals surface area contributed by atoms with E-state index in [2.05, 4.69) is 10.3 Å². The van der Waals surface area contributed by atoms with Gasteiger partial charge in [0.15, 0.2) is 0 Å². The van der Waals surface area contributed by atoms with Crippen molar-refractivity contribution in [2.75, 3.05) is 24.5 Å². The Morgan fingerprint density at radius 3 is 2.84 bits per heavy atom. The fraction of sp³-hybridized carbons (Fsp3) is 0.500. The molecule has 2 aliphatic rings. The van der Waals surface area contributed by atoms with E-state index in [4.69, 9.17) is 0 Å². The number of alkyl halides is 3. The Balaban J connectivity index is 2.17. The van der Waals surface area contributed by atoms with Crippen LogP contribution in [0.3, 0.4) is 0 Å². The molecule has 0 aromatic carbocycles. The molecule has 1 aromatic rings. The number of piperazine rings is 1. The van der Waals surface area contributed by atoms with Crippen LogP contribution in [0.25, 0.3) is 0 Å². The van der Waals surface area contributed by atoms with Gasteiger partial charge in [0.05, 0.1) is 5.56 Å². The lowest BCUT2D eigenvalue weighted by atomic mass is 10.2. The molecule has 1 aromatic heterocycles. The average molecular weight is 293 g/mol. The van der Waals surface area contributed by atoms with E-state index in [-0.39, 0.29) is 17.3 Å². The Kier molecular flexibility index (Phi) is 2.55. The first-order chi connectivity index (χ1) is 8.82. The smallest absolute Gasteiger partial charge is 0.336 e. The van der Waals surface area contributed by atoms with Gasteiger partial charge in [-0.25, -0.2) is 13.4 Å². The molecule has 0 amide bonds. The Morgan fingerprint density at radius 2 is 2.16 bits per heavy atom. The van der Waals surface area contributed by atoms with Gasteiger partial charge in [-0.05, 0) is 6.07 Å². The lowest BCUT2D eigenvalue weighted by Crippen LogP contribution is -2.51. The highest BCUT2D eigenvalue weighted by atomic mass is 32.2. The molecule has 9 heteroatoms. The van der Waals surface area contributed by atoms with Gasteiger partial charge in [-0.2, -0.15) is 13.2 Å². The third-order valence-corrected chi connectivity index (χ3v) is 5.34. The van der Waals surface area contributed by atoms with Crippen molar-refractivity contribution in [1.82, 2.24) is 10.3 Å². The maximum absolute atomic E-state index is 12.6. The molecular weight excluding hydrogens is 283 g/mol. The quantitative estimate of drug-likeness (QED) is 0.760. The molecule has 19 heavy (non-hydrogen) atoms. The number of aromatic nitrogens is 1. The maximum atomic E-state index is 12.6. The summed E-state index contributed by atoms with van der Waals surface area (Å²) in [4.78, 5) is 4.92. The molecule has 1 atom stereocenters. The summed E-state index contributed by atoms with van der Waals surface area (Å²) in [7, 11) is -3.79. The molecule has 5 nitrogen and oxygen atoms in total. The van der Waals surface area contributed by atoms with E-state index < -0.39 is 27.0 Å². The van der Waals surface area contributed by atoms with E-state index in [0.717, 1.165) is 0 Å². The normalized spacial score (nSPS) is 25.0. The highest BCUT2D eigenvalue weighted by Gasteiger charge is 2.46. The molecule has 0 saturated carbocycles. The molecule has 0 spiro atoms. The standard InChI is InChI=1S/C10H10F3N3O2S/c11-10(12,13)6-3-7-9(15-4-6)16-2-1-14-5-8(16)19(7,17)18/h3-4,8,14H,1-2,5H2/t8-/m1/s1. The van der Waals surface area contributed by atoms with Crippen LogP contribution < -0.4 is 10.2 Å². The summed E-state index contributed by atoms with van der Waals surface area (Å²) in [6, 6.07) is 0.677. The number of pyridine rings is 1. The predicted octanol–water partition coefficient (Wildman–Crippen LogP) is 0.623. The summed E-state index contributed by atoms with van der Waals surface area (Å²) in [5.74, 6) is 0.125. The fourth-order valence-corrected chi connectivity index (χ4v) is 4.25. The van der Waals surface area contributed by atoms with Crippen molar-refractivity contribution in [1.29, 1.82) is 0 Å². The van der Waals surface area contributed by atoms with Gasteiger partial charge < -0.3 is 10.2 Å². The molecule has 1 fully saturated rings. The van der Waals surface area contributed by atoms with Gasteiger partial charge in [-0.1, -0.05) is 0 Å². The molecular formula is C10H10F3N3O2S. The number of halogens is 3. The zero-order valence-electron chi connectivity index (χ0n) is 9.61. The summed E-state index contributed by atoms with van der Waals surface area (Å²) in [6.45, 7) is 1.18. The summed E-state index contributed by atoms with van der Waals surface area (Å²) in [6.07, 6.45) is -3.92. The molecule has 1 saturated heterocycles. The van der Waals surface area contributed by atoms with E-state index in [9.17, 15) is 21.6 Å². The molecule has 3 rings (SSSR count). The van der Waals surface area contributed by atoms with Gasteiger partial charge in [0, 0.05) is 25.8 Å². The maximum Gasteiger partial charge on any atom is 0.417 e. The van der Waals surface area contributed by atoms with Gasteiger partial charge in [-0.3, -0.25) is 0 Å². The Hall–Kier alpha value is -1.35. The van der Waals surface area contributed by atoms with Gasteiger partial charge in [-0.15, -0.1) is 0 Å². The molecule has 0 aliphatic carbocycles. The number of hydrogen-bond donors (Lipinski definition) is 1. The van der Waals surface area contributed by atoms with Crippen LogP contribution in [0, 0.1) is 0 Å². The first-order valence-electron chi connectivity index (χ1n) is 5.60. The third kappa shape index (κ3) is 1.79. The van der Waals surface area contributed by atoms with Crippen molar-refractivity contribution in [3.05, 3.63) is 17.8 Å². The van der Waals surface area contributed by atoms with Crippen LogP contribution in [0.5, 0.6) is 0 Å². The van der Waals surface area contributed by atoms with Crippen molar-refractivity contribution >= 4 is 15.7 Å². The Labute approximate surface area is 107 Å². The second-order valence-electron chi connectivity index (χ2n) is 4.44. The fourth-order valence-electron chi connectivity index (χ4n) is 2.36. The summed E-state index contributed by atoms with van der Waals surface area (Å²) in [5.41, 5.74) is -1.04. The summed E-state index contributed by atoms with van der Waals surface area (Å²) >= 11 is 0. The van der Waals surface area contributed by atoms with Crippen molar-refractivity contribution in [2.24, 2.45) is 0 Å². The lowest BCUT2D eigenvalue weighted by Gasteiger charge is -2.30. The van der Waals surface area contributed by atoms with Gasteiger partial charge in [0.1, 0.15) is 16.1 Å². The van der Waals surface area contributed by atoms with Crippen LogP contribution in [-0.2, 0) is 16.0 Å². The monoisotopic (exact) mass is 293 g/mol. The van der Waals surface area contributed by atoms with E-state index in [0.29, 0.717) is 25.4 Å². The summed E-state index contributed by atoms with van der Waals surface area (Å²) < 4.78 is 62.3. The van der Waals surface area contributed by atoms with Crippen molar-refractivity contribution in [3.63, 3.8) is 0 Å². The van der Waals surface area contributed by atoms with Crippen molar-refractivity contribution < 1.29 is 21.6 Å². The molecule has 0 bridgehead atoms. The molecule has 2 aliphatic heterocycles. The number of sulfone groups is 1. The molecule has 104 valence electrons. The Morgan fingerprint density at radius 1 is 1.42 bits per heavy atom. The minimum atomic E-state index is -4.60. The van der Waals surface area contributed by atoms with Crippen LogP contribution in [0.1, 0.15) is 5.56 Å². The van der Waals surface area contributed by atoms with E-state index in [1.54, 1.807) is 4.90 Å². The SMILES string of the molecule is O=S1(=O)c2cc(C(F)(F)F)cnc2N2CCNC[C@H]21. The van der Waals surface area contributed by atoms with Crippen molar-refractivity contribution in [3.8, 4) is 0 Å². The number of nitrogens with one attached hydrogen (secondary N) is 1. The highest BCUT2D eigenvalue weighted by molar-refractivity contribution is 7.92. The van der Waals surface area contributed by atoms with Crippen LogP contribution in [-0.4, -0.2) is 38.4 Å². The first-order valence-corrected chi connectivity index (χ1v) is 7.15. The predicted molar refractivity (Wildman–Crippen MR) is 60.4 cm³/mol. The molecule has 0 radical (unpaired) electrons. The summed E-state index contributed by atoms with van der Waals surface area (Å²) in [5, 5.41) is 2.07. The molecule has 1 N–H and O–H groups in total. The van der Waals surface area contributed by atoms with Crippen LogP contribution in [0.4, 0.5) is 19.0 Å². The second kappa shape index (κ2) is 3.83. The number of fused-ring (bicyclic) bond motifs is 3. The van der Waals surface area contributed by atoms with Crippen LogP contribution in [0.15, 0.2) is 17.2 Å². The van der Waals surface area contributed by atoms with Gasteiger partial charge in [0.2, 0.25) is 9.84 Å². The number of rotatable bonds is 0. The lowest BCUT2D eigenvalue weighted by molar-refractivity contribution is -0.138. The number of nitrogens with zero attached hydrogens (tertiary/aromatic N) is 2. The second-order valence-corrected chi connectivity index (χ2v) is 6.51. The zero-order chi connectivity index (χ0) is 13.8. The van der Waals surface area contributed by atoms with Crippen LogP contribution >= 0.6 is 0 Å². The van der Waals surface area contributed by atoms with Crippen LogP contribution in [0.2, 0.25) is 0 Å². The zero-order valence-corrected chi connectivity index (χ0v) is 10.4. The topological polar surface area (TPSA) is 62.3 Å². The van der Waals surface area contributed by atoms with Gasteiger partial charge in [0.25, 0.3) is 0 Å². The average Bonchev–Trinajstić information content (AvgIpc) is 2.58. The van der Waals surface area contributed by atoms with E-state index in [1.807, 2.05) is 0 Å².